The van der Waals surface area contributed by atoms with Crippen LogP contribution in [0, 0.1) is 5.92 Å². The standard InChI is InChI=1S/C20H44O6Si4/c1-11-20(22)23-19-16-17(12-13-18(19)21)14-15-30(24-27(2,3)4,25-28(5,6)7)26-29(8,9)10/h11,17-19,21H,1,12-16H2,2-10H3. The van der Waals surface area contributed by atoms with E-state index in [2.05, 4.69) is 65.5 Å². The topological polar surface area (TPSA) is 74.2 Å². The maximum Gasteiger partial charge on any atom is 0.469 e. The van der Waals surface area contributed by atoms with E-state index >= 15 is 0 Å². The SMILES string of the molecule is C=CC(=O)OC1CC(CC[Si](O[Si](C)(C)C)(O[Si](C)(C)C)O[Si](C)(C)C)CCC1O. The largest absolute Gasteiger partial charge is 0.469 e. The van der Waals surface area contributed by atoms with Crippen molar-refractivity contribution in [2.24, 2.45) is 5.92 Å². The molecule has 3 unspecified atom stereocenters. The minimum absolute atomic E-state index is 0.337. The summed E-state index contributed by atoms with van der Waals surface area (Å²) in [7, 11) is -8.55. The highest BCUT2D eigenvalue weighted by molar-refractivity contribution is 6.90. The molecular weight excluding hydrogens is 449 g/mol. The van der Waals surface area contributed by atoms with E-state index in [1.165, 1.54) is 0 Å². The lowest BCUT2D eigenvalue weighted by Gasteiger charge is -2.43. The molecule has 0 heterocycles. The number of carbonyl (C=O) groups excluding carboxylic acids is 1. The third kappa shape index (κ3) is 11.0. The molecule has 10 heteroatoms. The zero-order chi connectivity index (χ0) is 23.4. The van der Waals surface area contributed by atoms with Crippen molar-refractivity contribution in [3.05, 3.63) is 12.7 Å². The highest BCUT2D eigenvalue weighted by Gasteiger charge is 2.50. The van der Waals surface area contributed by atoms with Crippen LogP contribution < -0.4 is 0 Å². The molecule has 0 aliphatic heterocycles. The Morgan fingerprint density at radius 2 is 1.40 bits per heavy atom. The molecule has 0 aromatic carbocycles. The molecule has 1 fully saturated rings. The fourth-order valence-corrected chi connectivity index (χ4v) is 18.6. The molecule has 0 aromatic heterocycles. The van der Waals surface area contributed by atoms with Gasteiger partial charge in [-0.25, -0.2) is 4.79 Å². The van der Waals surface area contributed by atoms with Crippen LogP contribution in [0.2, 0.25) is 65.0 Å². The van der Waals surface area contributed by atoms with Crippen LogP contribution >= 0.6 is 0 Å². The molecule has 3 atom stereocenters. The summed E-state index contributed by atoms with van der Waals surface area (Å²) < 4.78 is 25.6. The normalized spacial score (nSPS) is 23.9. The number of hydrogen-bond acceptors (Lipinski definition) is 6. The Bertz CT molecular complexity index is 539. The van der Waals surface area contributed by atoms with Gasteiger partial charge in [-0.15, -0.1) is 0 Å². The van der Waals surface area contributed by atoms with Crippen molar-refractivity contribution in [3.63, 3.8) is 0 Å². The lowest BCUT2D eigenvalue weighted by atomic mass is 9.84. The van der Waals surface area contributed by atoms with Crippen molar-refractivity contribution < 1.29 is 27.0 Å². The quantitative estimate of drug-likeness (QED) is 0.245. The number of hydrogen-bond donors (Lipinski definition) is 1. The summed E-state index contributed by atoms with van der Waals surface area (Å²) in [5.41, 5.74) is 0. The summed E-state index contributed by atoms with van der Waals surface area (Å²) in [5.74, 6) is -0.141. The van der Waals surface area contributed by atoms with E-state index in [0.717, 1.165) is 25.0 Å². The van der Waals surface area contributed by atoms with Gasteiger partial charge >= 0.3 is 14.8 Å². The van der Waals surface area contributed by atoms with Crippen LogP contribution in [0.1, 0.15) is 25.7 Å². The molecule has 0 radical (unpaired) electrons. The van der Waals surface area contributed by atoms with Crippen LogP contribution in [0.4, 0.5) is 0 Å². The fourth-order valence-electron chi connectivity index (χ4n) is 3.78. The van der Waals surface area contributed by atoms with E-state index < -0.39 is 51.9 Å². The van der Waals surface area contributed by atoms with Crippen LogP contribution in [0.25, 0.3) is 0 Å². The van der Waals surface area contributed by atoms with Crippen LogP contribution in [-0.4, -0.2) is 57.0 Å². The number of aliphatic hydroxyl groups excluding tert-OH is 1. The fraction of sp³-hybridized carbons (Fsp3) is 0.850. The summed E-state index contributed by atoms with van der Waals surface area (Å²) in [6.07, 6.45) is 3.15. The van der Waals surface area contributed by atoms with E-state index in [1.807, 2.05) is 0 Å². The molecule has 0 bridgehead atoms. The molecule has 1 N–H and O–H groups in total. The zero-order valence-electron chi connectivity index (χ0n) is 20.5. The van der Waals surface area contributed by atoms with Gasteiger partial charge in [0.05, 0.1) is 6.10 Å². The summed E-state index contributed by atoms with van der Waals surface area (Å²) in [6, 6.07) is 0.773. The first-order valence-corrected chi connectivity index (χ1v) is 23.2. The smallest absolute Gasteiger partial charge is 0.456 e. The van der Waals surface area contributed by atoms with Crippen molar-refractivity contribution in [3.8, 4) is 0 Å². The first kappa shape index (κ1) is 28.0. The van der Waals surface area contributed by atoms with Crippen molar-refractivity contribution in [1.29, 1.82) is 0 Å². The Hall–Kier alpha value is -0.0825. The first-order chi connectivity index (χ1) is 13.4. The Morgan fingerprint density at radius 1 is 0.933 bits per heavy atom. The van der Waals surface area contributed by atoms with Gasteiger partial charge in [-0.05, 0) is 90.5 Å². The predicted octanol–water partition coefficient (Wildman–Crippen LogP) is 5.13. The van der Waals surface area contributed by atoms with Gasteiger partial charge in [-0.3, -0.25) is 0 Å². The van der Waals surface area contributed by atoms with Gasteiger partial charge < -0.3 is 22.2 Å². The lowest BCUT2D eigenvalue weighted by molar-refractivity contribution is -0.153. The van der Waals surface area contributed by atoms with Gasteiger partial charge in [-0.2, -0.15) is 0 Å². The molecule has 30 heavy (non-hydrogen) atoms. The Balaban J connectivity index is 3.02. The molecule has 1 rings (SSSR count). The number of esters is 1. The van der Waals surface area contributed by atoms with Crippen molar-refractivity contribution in [2.45, 2.75) is 103 Å². The van der Waals surface area contributed by atoms with E-state index in [9.17, 15) is 9.90 Å². The lowest BCUT2D eigenvalue weighted by Crippen LogP contribution is -2.60. The molecule has 0 aromatic rings. The molecular formula is C20H44O6Si4. The highest BCUT2D eigenvalue weighted by Crippen LogP contribution is 2.36. The van der Waals surface area contributed by atoms with Crippen LogP contribution in [0.15, 0.2) is 12.7 Å². The van der Waals surface area contributed by atoms with Gasteiger partial charge in [0.1, 0.15) is 6.10 Å². The van der Waals surface area contributed by atoms with Gasteiger partial charge in [-0.1, -0.05) is 6.58 Å². The second kappa shape index (κ2) is 10.7. The van der Waals surface area contributed by atoms with Crippen LogP contribution in [-0.2, 0) is 21.9 Å². The number of aliphatic hydroxyl groups is 1. The van der Waals surface area contributed by atoms with Crippen LogP contribution in [0.3, 0.4) is 0 Å². The Labute approximate surface area is 188 Å². The van der Waals surface area contributed by atoms with Gasteiger partial charge in [0.25, 0.3) is 0 Å². The van der Waals surface area contributed by atoms with Crippen molar-refractivity contribution in [1.82, 2.24) is 0 Å². The highest BCUT2D eigenvalue weighted by atomic mass is 28.5. The molecule has 1 aliphatic rings. The number of carbonyl (C=O) groups is 1. The van der Waals surface area contributed by atoms with E-state index in [0.29, 0.717) is 18.8 Å². The molecule has 0 spiro atoms. The number of ether oxygens (including phenoxy) is 1. The second-order valence-corrected chi connectivity index (χ2v) is 28.3. The molecule has 6 nitrogen and oxygen atoms in total. The monoisotopic (exact) mass is 492 g/mol. The van der Waals surface area contributed by atoms with Gasteiger partial charge in [0.15, 0.2) is 25.0 Å². The zero-order valence-corrected chi connectivity index (χ0v) is 24.5. The molecule has 176 valence electrons. The maximum atomic E-state index is 11.6. The maximum absolute atomic E-state index is 11.6. The molecule has 1 aliphatic carbocycles. The van der Waals surface area contributed by atoms with Gasteiger partial charge in [0.2, 0.25) is 0 Å². The van der Waals surface area contributed by atoms with Gasteiger partial charge in [0, 0.05) is 12.1 Å². The third-order valence-corrected chi connectivity index (χ3v) is 16.5. The summed E-state index contributed by atoms with van der Waals surface area (Å²) >= 11 is 0. The summed E-state index contributed by atoms with van der Waals surface area (Å²) in [6.45, 7) is 23.2. The third-order valence-electron chi connectivity index (χ3n) is 4.54. The molecule has 0 amide bonds. The molecule has 0 saturated heterocycles. The minimum Gasteiger partial charge on any atom is -0.456 e. The average molecular weight is 493 g/mol. The summed E-state index contributed by atoms with van der Waals surface area (Å²) in [5, 5.41) is 10.3. The van der Waals surface area contributed by atoms with Crippen molar-refractivity contribution >= 4 is 39.7 Å². The minimum atomic E-state index is -2.86. The van der Waals surface area contributed by atoms with Crippen LogP contribution in [0.5, 0.6) is 0 Å². The molecule has 1 saturated carbocycles. The van der Waals surface area contributed by atoms with E-state index in [4.69, 9.17) is 17.1 Å². The predicted molar refractivity (Wildman–Crippen MR) is 132 cm³/mol. The summed E-state index contributed by atoms with van der Waals surface area (Å²) in [4.78, 5) is 11.6. The second-order valence-electron chi connectivity index (χ2n) is 11.3. The number of rotatable bonds is 11. The Morgan fingerprint density at radius 3 is 1.80 bits per heavy atom. The first-order valence-electron chi connectivity index (χ1n) is 11.1. The average Bonchev–Trinajstić information content (AvgIpc) is 2.50. The van der Waals surface area contributed by atoms with Crippen molar-refractivity contribution in [2.75, 3.05) is 0 Å². The van der Waals surface area contributed by atoms with E-state index in [-0.39, 0.29) is 0 Å². The van der Waals surface area contributed by atoms with E-state index in [1.54, 1.807) is 0 Å². The Kier molecular flexibility index (Phi) is 9.96.